The smallest absolute Gasteiger partial charge is 0.208 e. The standard InChI is InChI=1S/C22H19Cl2N3O/c1-2-28-19-10-8-18(9-11-19)27-21-12-7-17(24)13-20(21)26-22(27)25-14-15-3-5-16(23)6-4-15/h3-13H,2,14H2,1H3,(H,25,26). The molecule has 0 atom stereocenters. The number of ether oxygens (including phenoxy) is 1. The second-order valence-electron chi connectivity index (χ2n) is 6.31. The van der Waals surface area contributed by atoms with E-state index < -0.39 is 0 Å². The van der Waals surface area contributed by atoms with Crippen molar-refractivity contribution in [3.63, 3.8) is 0 Å². The van der Waals surface area contributed by atoms with Gasteiger partial charge in [-0.05, 0) is 67.1 Å². The van der Waals surface area contributed by atoms with E-state index in [1.54, 1.807) is 0 Å². The van der Waals surface area contributed by atoms with Crippen LogP contribution < -0.4 is 10.1 Å². The predicted molar refractivity (Wildman–Crippen MR) is 116 cm³/mol. The van der Waals surface area contributed by atoms with Gasteiger partial charge < -0.3 is 10.1 Å². The molecule has 28 heavy (non-hydrogen) atoms. The van der Waals surface area contributed by atoms with Gasteiger partial charge in [0.2, 0.25) is 5.95 Å². The first-order chi connectivity index (χ1) is 13.6. The average Bonchev–Trinajstić information content (AvgIpc) is 3.06. The van der Waals surface area contributed by atoms with Gasteiger partial charge in [0.05, 0.1) is 17.6 Å². The summed E-state index contributed by atoms with van der Waals surface area (Å²) in [5.41, 5.74) is 3.92. The largest absolute Gasteiger partial charge is 0.494 e. The van der Waals surface area contributed by atoms with E-state index in [4.69, 9.17) is 32.9 Å². The number of hydrogen-bond acceptors (Lipinski definition) is 3. The number of rotatable bonds is 6. The summed E-state index contributed by atoms with van der Waals surface area (Å²) in [6, 6.07) is 21.5. The van der Waals surface area contributed by atoms with Crippen molar-refractivity contribution in [3.8, 4) is 11.4 Å². The molecule has 0 radical (unpaired) electrons. The average molecular weight is 412 g/mol. The van der Waals surface area contributed by atoms with Gasteiger partial charge in [-0.3, -0.25) is 4.57 Å². The molecule has 0 spiro atoms. The lowest BCUT2D eigenvalue weighted by atomic mass is 10.2. The van der Waals surface area contributed by atoms with Gasteiger partial charge in [0.15, 0.2) is 0 Å². The first kappa shape index (κ1) is 18.7. The normalized spacial score (nSPS) is 11.0. The Hall–Kier alpha value is -2.69. The van der Waals surface area contributed by atoms with Gasteiger partial charge in [-0.1, -0.05) is 35.3 Å². The molecule has 142 valence electrons. The van der Waals surface area contributed by atoms with E-state index in [-0.39, 0.29) is 0 Å². The summed E-state index contributed by atoms with van der Waals surface area (Å²) in [6.07, 6.45) is 0. The number of halogens is 2. The van der Waals surface area contributed by atoms with Crippen molar-refractivity contribution in [2.24, 2.45) is 0 Å². The van der Waals surface area contributed by atoms with Gasteiger partial charge >= 0.3 is 0 Å². The van der Waals surface area contributed by atoms with Crippen LogP contribution in [0, 0.1) is 0 Å². The number of benzene rings is 3. The molecule has 6 heteroatoms. The number of aromatic nitrogens is 2. The fraction of sp³-hybridized carbons (Fsp3) is 0.136. The van der Waals surface area contributed by atoms with Gasteiger partial charge in [0.25, 0.3) is 0 Å². The Labute approximate surface area is 173 Å². The maximum Gasteiger partial charge on any atom is 0.208 e. The third kappa shape index (κ3) is 3.93. The SMILES string of the molecule is CCOc1ccc(-n2c(NCc3ccc(Cl)cc3)nc3cc(Cl)ccc32)cc1. The zero-order valence-corrected chi connectivity index (χ0v) is 16.8. The number of nitrogens with one attached hydrogen (secondary N) is 1. The Morgan fingerprint density at radius 1 is 0.929 bits per heavy atom. The van der Waals surface area contributed by atoms with Crippen LogP contribution in [0.2, 0.25) is 10.0 Å². The highest BCUT2D eigenvalue weighted by Crippen LogP contribution is 2.28. The minimum Gasteiger partial charge on any atom is -0.494 e. The van der Waals surface area contributed by atoms with Gasteiger partial charge in [-0.25, -0.2) is 4.98 Å². The van der Waals surface area contributed by atoms with E-state index in [0.29, 0.717) is 18.2 Å². The summed E-state index contributed by atoms with van der Waals surface area (Å²) in [7, 11) is 0. The Bertz CT molecular complexity index is 1090. The maximum atomic E-state index is 6.17. The molecule has 4 nitrogen and oxygen atoms in total. The summed E-state index contributed by atoms with van der Waals surface area (Å²) in [6.45, 7) is 3.24. The van der Waals surface area contributed by atoms with Crippen molar-refractivity contribution in [3.05, 3.63) is 82.3 Å². The molecule has 4 aromatic rings. The summed E-state index contributed by atoms with van der Waals surface area (Å²) in [4.78, 5) is 4.75. The lowest BCUT2D eigenvalue weighted by Gasteiger charge is -2.12. The molecule has 0 bridgehead atoms. The van der Waals surface area contributed by atoms with Crippen molar-refractivity contribution in [1.29, 1.82) is 0 Å². The van der Waals surface area contributed by atoms with Gasteiger partial charge in [-0.2, -0.15) is 0 Å². The molecule has 0 fully saturated rings. The zero-order valence-electron chi connectivity index (χ0n) is 15.3. The Morgan fingerprint density at radius 3 is 2.36 bits per heavy atom. The first-order valence-corrected chi connectivity index (χ1v) is 9.79. The molecule has 0 aliphatic rings. The van der Waals surface area contributed by atoms with Crippen molar-refractivity contribution < 1.29 is 4.74 Å². The van der Waals surface area contributed by atoms with Crippen LogP contribution in [0.3, 0.4) is 0 Å². The van der Waals surface area contributed by atoms with E-state index in [1.165, 1.54) is 0 Å². The molecular formula is C22H19Cl2N3O. The van der Waals surface area contributed by atoms with Crippen LogP contribution in [0.15, 0.2) is 66.7 Å². The second kappa shape index (κ2) is 8.13. The van der Waals surface area contributed by atoms with Crippen LogP contribution in [0.4, 0.5) is 5.95 Å². The van der Waals surface area contributed by atoms with Crippen molar-refractivity contribution in [2.75, 3.05) is 11.9 Å². The van der Waals surface area contributed by atoms with Crippen LogP contribution in [0.5, 0.6) is 5.75 Å². The molecule has 0 aliphatic heterocycles. The summed E-state index contributed by atoms with van der Waals surface area (Å²) in [5, 5.41) is 4.81. The minimum atomic E-state index is 0.630. The van der Waals surface area contributed by atoms with Crippen molar-refractivity contribution >= 4 is 40.2 Å². The monoisotopic (exact) mass is 411 g/mol. The molecule has 1 aromatic heterocycles. The lowest BCUT2D eigenvalue weighted by molar-refractivity contribution is 0.340. The Kier molecular flexibility index (Phi) is 5.42. The topological polar surface area (TPSA) is 39.1 Å². The van der Waals surface area contributed by atoms with E-state index in [1.807, 2.05) is 73.7 Å². The number of anilines is 1. The van der Waals surface area contributed by atoms with Crippen LogP contribution in [0.25, 0.3) is 16.7 Å². The molecule has 3 aromatic carbocycles. The van der Waals surface area contributed by atoms with Gasteiger partial charge in [0, 0.05) is 22.3 Å². The Balaban J connectivity index is 1.72. The highest BCUT2D eigenvalue weighted by atomic mass is 35.5. The molecule has 0 saturated heterocycles. The van der Waals surface area contributed by atoms with Crippen LogP contribution in [-0.2, 0) is 6.54 Å². The summed E-state index contributed by atoms with van der Waals surface area (Å²) >= 11 is 12.1. The number of hydrogen-bond donors (Lipinski definition) is 1. The molecule has 1 heterocycles. The number of fused-ring (bicyclic) bond motifs is 1. The molecule has 4 rings (SSSR count). The molecule has 0 aliphatic carbocycles. The van der Waals surface area contributed by atoms with Gasteiger partial charge in [-0.15, -0.1) is 0 Å². The predicted octanol–water partition coefficient (Wildman–Crippen LogP) is 6.34. The highest BCUT2D eigenvalue weighted by molar-refractivity contribution is 6.31. The number of nitrogens with zero attached hydrogens (tertiary/aromatic N) is 2. The molecular weight excluding hydrogens is 393 g/mol. The first-order valence-electron chi connectivity index (χ1n) is 9.03. The third-order valence-electron chi connectivity index (χ3n) is 4.39. The molecule has 0 amide bonds. The van der Waals surface area contributed by atoms with Crippen LogP contribution in [0.1, 0.15) is 12.5 Å². The highest BCUT2D eigenvalue weighted by Gasteiger charge is 2.13. The quantitative estimate of drug-likeness (QED) is 0.402. The second-order valence-corrected chi connectivity index (χ2v) is 7.18. The van der Waals surface area contributed by atoms with Gasteiger partial charge in [0.1, 0.15) is 5.75 Å². The molecule has 0 saturated carbocycles. The molecule has 0 unspecified atom stereocenters. The third-order valence-corrected chi connectivity index (χ3v) is 4.87. The van der Waals surface area contributed by atoms with Crippen LogP contribution in [-0.4, -0.2) is 16.2 Å². The van der Waals surface area contributed by atoms with Crippen molar-refractivity contribution in [2.45, 2.75) is 13.5 Å². The zero-order chi connectivity index (χ0) is 19.5. The minimum absolute atomic E-state index is 0.630. The van der Waals surface area contributed by atoms with E-state index in [2.05, 4.69) is 9.88 Å². The lowest BCUT2D eigenvalue weighted by Crippen LogP contribution is -2.06. The van der Waals surface area contributed by atoms with E-state index >= 15 is 0 Å². The summed E-state index contributed by atoms with van der Waals surface area (Å²) in [5.74, 6) is 1.59. The fourth-order valence-corrected chi connectivity index (χ4v) is 3.37. The number of imidazole rings is 1. The Morgan fingerprint density at radius 2 is 1.64 bits per heavy atom. The maximum absolute atomic E-state index is 6.17. The summed E-state index contributed by atoms with van der Waals surface area (Å²) < 4.78 is 7.64. The van der Waals surface area contributed by atoms with E-state index in [0.717, 1.165) is 39.0 Å². The molecule has 1 N–H and O–H groups in total. The van der Waals surface area contributed by atoms with Crippen LogP contribution >= 0.6 is 23.2 Å². The van der Waals surface area contributed by atoms with Crippen molar-refractivity contribution in [1.82, 2.24) is 9.55 Å². The van der Waals surface area contributed by atoms with E-state index in [9.17, 15) is 0 Å². The fourth-order valence-electron chi connectivity index (χ4n) is 3.07.